The van der Waals surface area contributed by atoms with Crippen molar-refractivity contribution in [2.75, 3.05) is 40.9 Å². The number of phosphoric ester groups is 1. The molecular weight excluding hydrogens is 1070 g/mol. The number of phosphoric acid groups is 1. The number of esters is 1. The SMILES string of the molecule is CCCCC/C=C\C/C=C\CCCCCCCCCCCCCC(=O)NC(COP(=O)(O)OCC[N+](C)(C)C)C(/C=C\CCCCCCCCCCC)OC(=O)CCCCCCCCCCCCCCCCCCC/C=C/CCCCCCCC. The molecule has 0 aliphatic heterocycles. The quantitative estimate of drug-likeness (QED) is 0.0205. The molecule has 0 rings (SSSR count). The van der Waals surface area contributed by atoms with E-state index in [1.807, 2.05) is 33.3 Å². The normalized spacial score (nSPS) is 13.7. The van der Waals surface area contributed by atoms with E-state index in [1.54, 1.807) is 0 Å². The Labute approximate surface area is 529 Å². The summed E-state index contributed by atoms with van der Waals surface area (Å²) in [6.07, 6.45) is 82.8. The van der Waals surface area contributed by atoms with Gasteiger partial charge in [-0.3, -0.25) is 18.6 Å². The number of amides is 1. The number of ether oxygens (including phenoxy) is 1. The number of carbonyl (C=O) groups is 2. The highest BCUT2D eigenvalue weighted by Gasteiger charge is 2.30. The van der Waals surface area contributed by atoms with Gasteiger partial charge in [0.1, 0.15) is 19.3 Å². The Hall–Kier alpha value is -2.03. The molecular formula is C75H144N2O7P+. The Morgan fingerprint density at radius 2 is 0.718 bits per heavy atom. The monoisotopic (exact) mass is 1220 g/mol. The lowest BCUT2D eigenvalue weighted by molar-refractivity contribution is -0.870. The second-order valence-electron chi connectivity index (χ2n) is 26.5. The molecule has 3 unspecified atom stereocenters. The third kappa shape index (κ3) is 66.2. The highest BCUT2D eigenvalue weighted by atomic mass is 31.2. The van der Waals surface area contributed by atoms with Crippen LogP contribution in [0.3, 0.4) is 0 Å². The zero-order valence-electron chi connectivity index (χ0n) is 57.4. The van der Waals surface area contributed by atoms with Crippen LogP contribution in [0.15, 0.2) is 48.6 Å². The largest absolute Gasteiger partial charge is 0.472 e. The predicted octanol–water partition coefficient (Wildman–Crippen LogP) is 23.6. The van der Waals surface area contributed by atoms with Gasteiger partial charge in [0.05, 0.1) is 33.8 Å². The summed E-state index contributed by atoms with van der Waals surface area (Å²) in [5.74, 6) is -0.490. The van der Waals surface area contributed by atoms with E-state index in [0.717, 1.165) is 64.2 Å². The van der Waals surface area contributed by atoms with Gasteiger partial charge in [0.15, 0.2) is 0 Å². The van der Waals surface area contributed by atoms with Crippen molar-refractivity contribution >= 4 is 19.7 Å². The summed E-state index contributed by atoms with van der Waals surface area (Å²) < 4.78 is 30.8. The van der Waals surface area contributed by atoms with Crippen molar-refractivity contribution in [1.82, 2.24) is 5.32 Å². The minimum absolute atomic E-state index is 0.0415. The zero-order valence-corrected chi connectivity index (χ0v) is 58.3. The molecule has 10 heteroatoms. The lowest BCUT2D eigenvalue weighted by atomic mass is 10.0. The second-order valence-corrected chi connectivity index (χ2v) is 27.9. The fourth-order valence-corrected chi connectivity index (χ4v) is 11.8. The van der Waals surface area contributed by atoms with Gasteiger partial charge in [-0.15, -0.1) is 0 Å². The van der Waals surface area contributed by atoms with E-state index >= 15 is 0 Å². The molecule has 0 aliphatic rings. The molecule has 1 amide bonds. The van der Waals surface area contributed by atoms with Crippen LogP contribution in [-0.4, -0.2) is 74.3 Å². The number of nitrogens with zero attached hydrogens (tertiary/aromatic N) is 1. The van der Waals surface area contributed by atoms with Gasteiger partial charge >= 0.3 is 13.8 Å². The van der Waals surface area contributed by atoms with Crippen LogP contribution in [0.4, 0.5) is 0 Å². The van der Waals surface area contributed by atoms with Crippen LogP contribution in [0.5, 0.6) is 0 Å². The smallest absolute Gasteiger partial charge is 0.456 e. The summed E-state index contributed by atoms with van der Waals surface area (Å²) in [6, 6.07) is -0.848. The van der Waals surface area contributed by atoms with E-state index in [4.69, 9.17) is 13.8 Å². The van der Waals surface area contributed by atoms with Crippen LogP contribution < -0.4 is 5.32 Å². The first-order valence-electron chi connectivity index (χ1n) is 37.0. The summed E-state index contributed by atoms with van der Waals surface area (Å²) in [4.78, 5) is 37.9. The molecule has 0 heterocycles. The molecule has 0 aromatic rings. The number of unbranched alkanes of at least 4 members (excludes halogenated alkanes) is 46. The van der Waals surface area contributed by atoms with Crippen molar-refractivity contribution in [2.45, 2.75) is 380 Å². The van der Waals surface area contributed by atoms with Gasteiger partial charge in [0.2, 0.25) is 5.91 Å². The number of hydrogen-bond acceptors (Lipinski definition) is 6. The highest BCUT2D eigenvalue weighted by Crippen LogP contribution is 2.43. The van der Waals surface area contributed by atoms with Crippen LogP contribution in [0.25, 0.3) is 0 Å². The summed E-state index contributed by atoms with van der Waals surface area (Å²) in [6.45, 7) is 7.03. The summed E-state index contributed by atoms with van der Waals surface area (Å²) in [7, 11) is 1.51. The lowest BCUT2D eigenvalue weighted by Crippen LogP contribution is -2.47. The van der Waals surface area contributed by atoms with Gasteiger partial charge in [-0.2, -0.15) is 0 Å². The van der Waals surface area contributed by atoms with Gasteiger partial charge in [0, 0.05) is 12.8 Å². The van der Waals surface area contributed by atoms with Crippen LogP contribution in [-0.2, 0) is 27.9 Å². The minimum Gasteiger partial charge on any atom is -0.456 e. The first-order chi connectivity index (χ1) is 41.4. The summed E-state index contributed by atoms with van der Waals surface area (Å²) >= 11 is 0. The molecule has 0 aromatic heterocycles. The van der Waals surface area contributed by atoms with Crippen LogP contribution >= 0.6 is 7.82 Å². The molecule has 0 saturated carbocycles. The van der Waals surface area contributed by atoms with Crippen molar-refractivity contribution < 1.29 is 37.3 Å². The number of rotatable bonds is 68. The van der Waals surface area contributed by atoms with Gasteiger partial charge in [-0.25, -0.2) is 4.57 Å². The second kappa shape index (κ2) is 64.9. The Bertz CT molecular complexity index is 1590. The number of nitrogens with one attached hydrogen (secondary N) is 1. The van der Waals surface area contributed by atoms with E-state index in [2.05, 4.69) is 62.5 Å². The lowest BCUT2D eigenvalue weighted by Gasteiger charge is -2.27. The number of quaternary nitrogens is 1. The van der Waals surface area contributed by atoms with E-state index in [9.17, 15) is 19.0 Å². The van der Waals surface area contributed by atoms with Gasteiger partial charge < -0.3 is 19.4 Å². The van der Waals surface area contributed by atoms with Crippen molar-refractivity contribution in [3.8, 4) is 0 Å². The number of allylic oxidation sites excluding steroid dienone is 7. The van der Waals surface area contributed by atoms with E-state index < -0.39 is 20.0 Å². The molecule has 500 valence electrons. The molecule has 0 spiro atoms. The maximum absolute atomic E-state index is 13.6. The highest BCUT2D eigenvalue weighted by molar-refractivity contribution is 7.47. The van der Waals surface area contributed by atoms with Gasteiger partial charge in [-0.05, 0) is 89.5 Å². The van der Waals surface area contributed by atoms with E-state index in [0.29, 0.717) is 23.9 Å². The molecule has 0 fully saturated rings. The molecule has 3 atom stereocenters. The third-order valence-electron chi connectivity index (χ3n) is 16.7. The van der Waals surface area contributed by atoms with Crippen LogP contribution in [0, 0.1) is 0 Å². The number of carbonyl (C=O) groups excluding carboxylic acids is 2. The molecule has 85 heavy (non-hydrogen) atoms. The standard InChI is InChI=1S/C75H143N2O7P/c1-7-10-13-16-19-22-25-27-29-31-33-35-36-37-38-39-40-42-44-46-48-50-53-56-59-62-65-68-75(79)84-73(66-63-60-57-54-51-24-21-18-15-12-9-3)72(71-83-85(80,81)82-70-69-77(4,5)6)76-74(78)67-64-61-58-55-52-49-47-45-43-41-34-32-30-28-26-23-20-17-14-11-8-2/h20,23,27-30,63,66,72-73H,7-19,21-22,24-26,31-62,64-65,67-71H2,1-6H3,(H-,76,78,80,81)/p+1/b23-20-,29-27+,30-28-,66-63-. The summed E-state index contributed by atoms with van der Waals surface area (Å²) in [5, 5.41) is 3.07. The average Bonchev–Trinajstić information content (AvgIpc) is 3.57. The van der Waals surface area contributed by atoms with Gasteiger partial charge in [-0.1, -0.05) is 314 Å². The van der Waals surface area contributed by atoms with E-state index in [1.165, 1.54) is 270 Å². The maximum Gasteiger partial charge on any atom is 0.472 e. The molecule has 9 nitrogen and oxygen atoms in total. The van der Waals surface area contributed by atoms with Crippen molar-refractivity contribution in [3.05, 3.63) is 48.6 Å². The molecule has 0 aromatic carbocycles. The molecule has 0 aliphatic carbocycles. The van der Waals surface area contributed by atoms with E-state index in [-0.39, 0.29) is 25.1 Å². The Kier molecular flexibility index (Phi) is 63.4. The van der Waals surface area contributed by atoms with Crippen LogP contribution in [0.2, 0.25) is 0 Å². The minimum atomic E-state index is -4.45. The first-order valence-corrected chi connectivity index (χ1v) is 38.5. The Balaban J connectivity index is 4.93. The average molecular weight is 1220 g/mol. The number of likely N-dealkylation sites (N-methyl/N-ethyl adjacent to an activating group) is 1. The summed E-state index contributed by atoms with van der Waals surface area (Å²) in [5.41, 5.74) is 0. The Morgan fingerprint density at radius 3 is 1.09 bits per heavy atom. The number of hydrogen-bond donors (Lipinski definition) is 2. The fraction of sp³-hybridized carbons (Fsp3) is 0.867. The molecule has 0 bridgehead atoms. The molecule has 0 saturated heterocycles. The topological polar surface area (TPSA) is 111 Å². The molecule has 2 N–H and O–H groups in total. The van der Waals surface area contributed by atoms with Crippen LogP contribution in [0.1, 0.15) is 367 Å². The third-order valence-corrected chi connectivity index (χ3v) is 17.7. The Morgan fingerprint density at radius 1 is 0.412 bits per heavy atom. The van der Waals surface area contributed by atoms with Crippen molar-refractivity contribution in [2.24, 2.45) is 0 Å². The first kappa shape index (κ1) is 83.0. The fourth-order valence-electron chi connectivity index (χ4n) is 11.0. The molecule has 0 radical (unpaired) electrons. The van der Waals surface area contributed by atoms with Crippen molar-refractivity contribution in [1.29, 1.82) is 0 Å². The van der Waals surface area contributed by atoms with Gasteiger partial charge in [0.25, 0.3) is 0 Å². The maximum atomic E-state index is 13.6. The zero-order chi connectivity index (χ0) is 62.1. The van der Waals surface area contributed by atoms with Crippen molar-refractivity contribution in [3.63, 3.8) is 0 Å². The predicted molar refractivity (Wildman–Crippen MR) is 369 cm³/mol.